The number of nitrogens with zero attached hydrogens (tertiary/aromatic N) is 4. The molecule has 0 amide bonds. The van der Waals surface area contributed by atoms with Gasteiger partial charge in [-0.3, -0.25) is 9.55 Å². The molecule has 5 aromatic rings. The zero-order chi connectivity index (χ0) is 20.3. The molecule has 0 radical (unpaired) electrons. The average molecular weight is 429 g/mol. The van der Waals surface area contributed by atoms with E-state index in [2.05, 4.69) is 62.2 Å². The van der Waals surface area contributed by atoms with E-state index in [4.69, 9.17) is 11.6 Å². The normalized spacial score (nSPS) is 11.1. The molecule has 0 unspecified atom stereocenters. The van der Waals surface area contributed by atoms with Crippen molar-refractivity contribution in [3.63, 3.8) is 0 Å². The van der Waals surface area contributed by atoms with Gasteiger partial charge < -0.3 is 0 Å². The summed E-state index contributed by atoms with van der Waals surface area (Å²) in [7, 11) is 0. The Kier molecular flexibility index (Phi) is 5.22. The van der Waals surface area contributed by atoms with Gasteiger partial charge in [-0.05, 0) is 52.7 Å². The number of aromatic nitrogens is 4. The molecule has 0 bridgehead atoms. The van der Waals surface area contributed by atoms with Crippen molar-refractivity contribution >= 4 is 34.1 Å². The predicted octanol–water partition coefficient (Wildman–Crippen LogP) is 6.43. The number of fused-ring (bicyclic) bond motifs is 1. The first kappa shape index (κ1) is 18.9. The highest BCUT2D eigenvalue weighted by atomic mass is 35.5. The molecular formula is C24H17ClN4S. The predicted molar refractivity (Wildman–Crippen MR) is 123 cm³/mol. The Labute approximate surface area is 183 Å². The Balaban J connectivity index is 1.51. The molecule has 2 aromatic heterocycles. The summed E-state index contributed by atoms with van der Waals surface area (Å²) in [6.45, 7) is 0. The third kappa shape index (κ3) is 3.82. The van der Waals surface area contributed by atoms with Crippen LogP contribution in [-0.2, 0) is 5.75 Å². The second-order valence-electron chi connectivity index (χ2n) is 6.82. The van der Waals surface area contributed by atoms with Gasteiger partial charge >= 0.3 is 0 Å². The van der Waals surface area contributed by atoms with E-state index in [0.717, 1.165) is 28.0 Å². The number of hydrogen-bond acceptors (Lipinski definition) is 4. The van der Waals surface area contributed by atoms with Crippen LogP contribution in [0.15, 0.2) is 96.4 Å². The average Bonchev–Trinajstić information content (AvgIpc) is 3.22. The van der Waals surface area contributed by atoms with Crippen LogP contribution in [-0.4, -0.2) is 19.7 Å². The summed E-state index contributed by atoms with van der Waals surface area (Å²) < 4.78 is 2.07. The van der Waals surface area contributed by atoms with E-state index in [1.165, 1.54) is 16.3 Å². The maximum Gasteiger partial charge on any atom is 0.196 e. The van der Waals surface area contributed by atoms with Crippen molar-refractivity contribution in [1.29, 1.82) is 0 Å². The molecule has 5 rings (SSSR count). The largest absolute Gasteiger partial charge is 0.270 e. The highest BCUT2D eigenvalue weighted by Crippen LogP contribution is 2.30. The molecular weight excluding hydrogens is 412 g/mol. The summed E-state index contributed by atoms with van der Waals surface area (Å²) in [6, 6.07) is 26.6. The summed E-state index contributed by atoms with van der Waals surface area (Å²) in [5.74, 6) is 1.58. The fraction of sp³-hybridized carbons (Fsp3) is 0.0417. The van der Waals surface area contributed by atoms with Gasteiger partial charge in [-0.25, -0.2) is 0 Å². The molecule has 0 saturated carbocycles. The minimum atomic E-state index is 0.697. The SMILES string of the molecule is Clc1ccc(-n2c(SCc3ccc4ccccc4c3)nnc2-c2ccncc2)cc1. The standard InChI is InChI=1S/C24H17ClN4S/c25-21-7-9-22(10-8-21)29-23(19-11-13-26-14-12-19)27-28-24(29)30-16-17-5-6-18-3-1-2-4-20(18)15-17/h1-15H,16H2. The first-order valence-corrected chi connectivity index (χ1v) is 10.9. The molecule has 0 N–H and O–H groups in total. The zero-order valence-corrected chi connectivity index (χ0v) is 17.5. The van der Waals surface area contributed by atoms with Crippen molar-refractivity contribution in [2.45, 2.75) is 10.9 Å². The van der Waals surface area contributed by atoms with Crippen molar-refractivity contribution in [1.82, 2.24) is 19.7 Å². The van der Waals surface area contributed by atoms with E-state index in [0.29, 0.717) is 5.02 Å². The summed E-state index contributed by atoms with van der Waals surface area (Å²) in [5.41, 5.74) is 3.18. The van der Waals surface area contributed by atoms with Gasteiger partial charge in [-0.15, -0.1) is 10.2 Å². The lowest BCUT2D eigenvalue weighted by Crippen LogP contribution is -1.99. The summed E-state index contributed by atoms with van der Waals surface area (Å²) in [6.07, 6.45) is 3.52. The second-order valence-corrected chi connectivity index (χ2v) is 8.20. The zero-order valence-electron chi connectivity index (χ0n) is 15.9. The van der Waals surface area contributed by atoms with E-state index in [9.17, 15) is 0 Å². The third-order valence-corrected chi connectivity index (χ3v) is 6.09. The third-order valence-electron chi connectivity index (χ3n) is 4.84. The van der Waals surface area contributed by atoms with Crippen molar-refractivity contribution < 1.29 is 0 Å². The minimum absolute atomic E-state index is 0.697. The van der Waals surface area contributed by atoms with Gasteiger partial charge in [0.1, 0.15) is 0 Å². The molecule has 0 aliphatic heterocycles. The van der Waals surface area contributed by atoms with Crippen LogP contribution in [0.1, 0.15) is 5.56 Å². The van der Waals surface area contributed by atoms with Gasteiger partial charge in [0.15, 0.2) is 11.0 Å². The van der Waals surface area contributed by atoms with E-state index >= 15 is 0 Å². The monoisotopic (exact) mass is 428 g/mol. The number of benzene rings is 3. The van der Waals surface area contributed by atoms with Crippen LogP contribution in [0.4, 0.5) is 0 Å². The molecule has 146 valence electrons. The van der Waals surface area contributed by atoms with E-state index in [1.54, 1.807) is 24.2 Å². The van der Waals surface area contributed by atoms with Crippen LogP contribution in [0.5, 0.6) is 0 Å². The summed E-state index contributed by atoms with van der Waals surface area (Å²) >= 11 is 7.77. The molecule has 0 spiro atoms. The molecule has 30 heavy (non-hydrogen) atoms. The Hall–Kier alpha value is -3.15. The van der Waals surface area contributed by atoms with Gasteiger partial charge in [0, 0.05) is 34.4 Å². The Morgan fingerprint density at radius 2 is 1.57 bits per heavy atom. The Bertz CT molecular complexity index is 1300. The van der Waals surface area contributed by atoms with Crippen LogP contribution >= 0.6 is 23.4 Å². The molecule has 0 aliphatic carbocycles. The van der Waals surface area contributed by atoms with Crippen LogP contribution in [0.25, 0.3) is 27.8 Å². The maximum absolute atomic E-state index is 6.10. The summed E-state index contributed by atoms with van der Waals surface area (Å²) in [4.78, 5) is 4.11. The van der Waals surface area contributed by atoms with E-state index in [-0.39, 0.29) is 0 Å². The quantitative estimate of drug-likeness (QED) is 0.302. The van der Waals surface area contributed by atoms with Crippen LogP contribution in [0.2, 0.25) is 5.02 Å². The topological polar surface area (TPSA) is 43.6 Å². The van der Waals surface area contributed by atoms with Crippen LogP contribution < -0.4 is 0 Å². The molecule has 0 fully saturated rings. The van der Waals surface area contributed by atoms with Crippen molar-refractivity contribution in [2.24, 2.45) is 0 Å². The molecule has 6 heteroatoms. The smallest absolute Gasteiger partial charge is 0.196 e. The molecule has 3 aromatic carbocycles. The Morgan fingerprint density at radius 3 is 2.37 bits per heavy atom. The number of thioether (sulfide) groups is 1. The lowest BCUT2D eigenvalue weighted by Gasteiger charge is -2.11. The molecule has 0 atom stereocenters. The van der Waals surface area contributed by atoms with Crippen LogP contribution in [0, 0.1) is 0 Å². The molecule has 4 nitrogen and oxygen atoms in total. The number of halogens is 1. The highest BCUT2D eigenvalue weighted by molar-refractivity contribution is 7.98. The van der Waals surface area contributed by atoms with E-state index in [1.807, 2.05) is 36.4 Å². The lowest BCUT2D eigenvalue weighted by molar-refractivity contribution is 0.886. The lowest BCUT2D eigenvalue weighted by atomic mass is 10.1. The molecule has 2 heterocycles. The van der Waals surface area contributed by atoms with Gasteiger partial charge in [0.2, 0.25) is 0 Å². The number of pyridine rings is 1. The first-order chi connectivity index (χ1) is 14.8. The van der Waals surface area contributed by atoms with Gasteiger partial charge in [0.25, 0.3) is 0 Å². The van der Waals surface area contributed by atoms with Crippen molar-refractivity contribution in [3.8, 4) is 17.1 Å². The second kappa shape index (κ2) is 8.30. The molecule has 0 saturated heterocycles. The maximum atomic E-state index is 6.10. The van der Waals surface area contributed by atoms with Gasteiger partial charge in [-0.2, -0.15) is 0 Å². The first-order valence-electron chi connectivity index (χ1n) is 9.50. The van der Waals surface area contributed by atoms with Crippen molar-refractivity contribution in [3.05, 3.63) is 102 Å². The van der Waals surface area contributed by atoms with E-state index < -0.39 is 0 Å². The minimum Gasteiger partial charge on any atom is -0.270 e. The van der Waals surface area contributed by atoms with Crippen molar-refractivity contribution in [2.75, 3.05) is 0 Å². The van der Waals surface area contributed by atoms with Gasteiger partial charge in [0.05, 0.1) is 0 Å². The molecule has 0 aliphatic rings. The fourth-order valence-electron chi connectivity index (χ4n) is 3.35. The number of hydrogen-bond donors (Lipinski definition) is 0. The fourth-order valence-corrected chi connectivity index (χ4v) is 4.37. The van der Waals surface area contributed by atoms with Crippen LogP contribution in [0.3, 0.4) is 0 Å². The highest BCUT2D eigenvalue weighted by Gasteiger charge is 2.16. The number of rotatable bonds is 5. The Morgan fingerprint density at radius 1 is 0.800 bits per heavy atom. The summed E-state index contributed by atoms with van der Waals surface area (Å²) in [5, 5.41) is 13.0. The van der Waals surface area contributed by atoms with Gasteiger partial charge in [-0.1, -0.05) is 65.8 Å².